The molecule has 5 aromatic rings. The third-order valence-corrected chi connectivity index (χ3v) is 10.7. The lowest BCUT2D eigenvalue weighted by Crippen LogP contribution is -2.51. The van der Waals surface area contributed by atoms with E-state index in [4.69, 9.17) is 0 Å². The van der Waals surface area contributed by atoms with Gasteiger partial charge in [0.1, 0.15) is 8.80 Å². The van der Waals surface area contributed by atoms with Crippen molar-refractivity contribution in [1.82, 2.24) is 0 Å². The molecule has 0 nitrogen and oxygen atoms in total. The van der Waals surface area contributed by atoms with Gasteiger partial charge in [-0.3, -0.25) is 0 Å². The minimum absolute atomic E-state index is 0.545. The molecule has 0 spiro atoms. The van der Waals surface area contributed by atoms with Crippen LogP contribution in [0, 0.1) is 0 Å². The van der Waals surface area contributed by atoms with E-state index in [0.717, 1.165) is 0 Å². The summed E-state index contributed by atoms with van der Waals surface area (Å²) >= 11 is 0. The van der Waals surface area contributed by atoms with Crippen LogP contribution in [0.25, 0.3) is 0 Å². The third-order valence-electron chi connectivity index (χ3n) is 5.60. The van der Waals surface area contributed by atoms with Crippen molar-refractivity contribution in [2.75, 3.05) is 0 Å². The van der Waals surface area contributed by atoms with Crippen molar-refractivity contribution in [3.63, 3.8) is 0 Å². The van der Waals surface area contributed by atoms with Gasteiger partial charge in [0.25, 0.3) is 0 Å². The zero-order chi connectivity index (χ0) is 22.7. The number of benzene rings is 5. The Morgan fingerprint density at radius 3 is 0.758 bits per heavy atom. The van der Waals surface area contributed by atoms with Crippen molar-refractivity contribution in [1.29, 1.82) is 0 Å². The van der Waals surface area contributed by atoms with Gasteiger partial charge < -0.3 is 0 Å². The summed E-state index contributed by atoms with van der Waals surface area (Å²) in [5.41, 5.74) is 0. The highest BCUT2D eigenvalue weighted by Gasteiger charge is 2.18. The predicted molar refractivity (Wildman–Crippen MR) is 148 cm³/mol. The monoisotopic (exact) mass is 456 g/mol. The summed E-state index contributed by atoms with van der Waals surface area (Å²) in [6, 6.07) is 54.0. The zero-order valence-corrected chi connectivity index (χ0v) is 20.9. The molecule has 0 heterocycles. The first-order valence-electron chi connectivity index (χ1n) is 11.3. The van der Waals surface area contributed by atoms with E-state index in [1.165, 1.54) is 25.9 Å². The number of hydrogen-bond acceptors (Lipinski definition) is 0. The lowest BCUT2D eigenvalue weighted by atomic mass is 10.3. The van der Waals surface area contributed by atoms with Gasteiger partial charge in [-0.1, -0.05) is 184 Å². The molecule has 0 saturated heterocycles. The Balaban J connectivity index is 0.000000165. The second kappa shape index (κ2) is 12.0. The summed E-state index contributed by atoms with van der Waals surface area (Å²) in [5, 5.41) is 7.26. The molecule has 160 valence electrons. The van der Waals surface area contributed by atoms with Crippen LogP contribution in [-0.2, 0) is 0 Å². The minimum atomic E-state index is -0.877. The van der Waals surface area contributed by atoms with E-state index in [-0.39, 0.29) is 0 Å². The Hall–Kier alpha value is -3.47. The molecule has 0 atom stereocenters. The fraction of sp³-hybridized carbons (Fsp3) is 0.0323. The standard InChI is InChI=1S/C18H15Si.C13H13Si/c1-4-10-16(11-5-1)19(17-12-6-2-7-13-17)18-14-8-3-9-15-18;1-14(12-8-4-2-5-9-12)13-10-6-3-7-11-13/h1-15H;2-11H,1H3. The predicted octanol–water partition coefficient (Wildman–Crippen LogP) is 4.13. The average Bonchev–Trinajstić information content (AvgIpc) is 2.92. The van der Waals surface area contributed by atoms with Crippen LogP contribution in [0.3, 0.4) is 0 Å². The molecule has 0 aromatic heterocycles. The first-order chi connectivity index (χ1) is 16.3. The molecule has 5 aromatic carbocycles. The van der Waals surface area contributed by atoms with E-state index in [0.29, 0.717) is 0 Å². The van der Waals surface area contributed by atoms with E-state index in [1.54, 1.807) is 0 Å². The zero-order valence-electron chi connectivity index (χ0n) is 18.9. The third kappa shape index (κ3) is 6.29. The fourth-order valence-electron chi connectivity index (χ4n) is 3.86. The lowest BCUT2D eigenvalue weighted by Gasteiger charge is -2.16. The topological polar surface area (TPSA) is 0 Å². The summed E-state index contributed by atoms with van der Waals surface area (Å²) in [4.78, 5) is 0. The van der Waals surface area contributed by atoms with E-state index >= 15 is 0 Å². The molecule has 0 aliphatic carbocycles. The maximum absolute atomic E-state index is 2.34. The summed E-state index contributed by atoms with van der Waals surface area (Å²) in [7, 11) is -1.42. The second-order valence-electron chi connectivity index (χ2n) is 7.83. The normalized spacial score (nSPS) is 10.5. The van der Waals surface area contributed by atoms with Gasteiger partial charge in [-0.15, -0.1) is 0 Å². The molecular formula is C31H28Si2. The smallest absolute Gasteiger partial charge is 0.0628 e. The van der Waals surface area contributed by atoms with Gasteiger partial charge in [-0.25, -0.2) is 0 Å². The largest absolute Gasteiger partial charge is 0.154 e. The molecule has 2 heteroatoms. The molecular weight excluding hydrogens is 429 g/mol. The molecule has 0 saturated carbocycles. The highest BCUT2D eigenvalue weighted by Crippen LogP contribution is 1.95. The van der Waals surface area contributed by atoms with Gasteiger partial charge >= 0.3 is 0 Å². The van der Waals surface area contributed by atoms with E-state index in [1.807, 2.05) is 0 Å². The molecule has 0 aliphatic rings. The molecule has 0 bridgehead atoms. The molecule has 0 fully saturated rings. The van der Waals surface area contributed by atoms with Gasteiger partial charge in [-0.2, -0.15) is 0 Å². The number of hydrogen-bond donors (Lipinski definition) is 0. The van der Waals surface area contributed by atoms with Crippen LogP contribution in [0.1, 0.15) is 0 Å². The Morgan fingerprint density at radius 1 is 0.303 bits per heavy atom. The Labute approximate surface area is 201 Å². The Kier molecular flexibility index (Phi) is 8.23. The van der Waals surface area contributed by atoms with Crippen LogP contribution in [0.15, 0.2) is 152 Å². The lowest BCUT2D eigenvalue weighted by molar-refractivity contribution is 1.71. The van der Waals surface area contributed by atoms with Crippen molar-refractivity contribution >= 4 is 43.5 Å². The van der Waals surface area contributed by atoms with E-state index < -0.39 is 17.6 Å². The van der Waals surface area contributed by atoms with Crippen molar-refractivity contribution in [3.05, 3.63) is 152 Å². The number of rotatable bonds is 5. The van der Waals surface area contributed by atoms with Gasteiger partial charge in [0.15, 0.2) is 8.80 Å². The second-order valence-corrected chi connectivity index (χ2v) is 12.7. The van der Waals surface area contributed by atoms with Crippen molar-refractivity contribution in [3.8, 4) is 0 Å². The maximum atomic E-state index is 2.34. The van der Waals surface area contributed by atoms with Crippen LogP contribution in [0.2, 0.25) is 6.55 Å². The quantitative estimate of drug-likeness (QED) is 0.276. The molecule has 2 radical (unpaired) electrons. The highest BCUT2D eigenvalue weighted by atomic mass is 28.3. The van der Waals surface area contributed by atoms with Crippen LogP contribution in [0.4, 0.5) is 0 Å². The summed E-state index contributed by atoms with van der Waals surface area (Å²) in [5.74, 6) is 0. The SMILES string of the molecule is C[Si](c1ccccc1)c1ccccc1.c1ccc([Si](c2ccccc2)c2ccccc2)cc1. The Morgan fingerprint density at radius 2 is 0.515 bits per heavy atom. The highest BCUT2D eigenvalue weighted by molar-refractivity contribution is 6.95. The summed E-state index contributed by atoms with van der Waals surface area (Å²) < 4.78 is 0. The van der Waals surface area contributed by atoms with E-state index in [2.05, 4.69) is 158 Å². The molecule has 0 aliphatic heterocycles. The van der Waals surface area contributed by atoms with Gasteiger partial charge in [-0.05, 0) is 0 Å². The molecule has 0 N–H and O–H groups in total. The van der Waals surface area contributed by atoms with Crippen molar-refractivity contribution < 1.29 is 0 Å². The van der Waals surface area contributed by atoms with Crippen LogP contribution >= 0.6 is 0 Å². The van der Waals surface area contributed by atoms with Gasteiger partial charge in [0, 0.05) is 0 Å². The van der Waals surface area contributed by atoms with Crippen LogP contribution in [0.5, 0.6) is 0 Å². The first-order valence-corrected chi connectivity index (χ1v) is 14.8. The fourth-order valence-corrected chi connectivity index (χ4v) is 8.15. The molecule has 5 rings (SSSR count). The van der Waals surface area contributed by atoms with E-state index in [9.17, 15) is 0 Å². The van der Waals surface area contributed by atoms with Crippen LogP contribution < -0.4 is 25.9 Å². The van der Waals surface area contributed by atoms with Gasteiger partial charge in [0.2, 0.25) is 0 Å². The molecule has 0 unspecified atom stereocenters. The minimum Gasteiger partial charge on any atom is -0.0628 e. The average molecular weight is 457 g/mol. The molecule has 0 amide bonds. The van der Waals surface area contributed by atoms with Crippen molar-refractivity contribution in [2.24, 2.45) is 0 Å². The van der Waals surface area contributed by atoms with Crippen molar-refractivity contribution in [2.45, 2.75) is 6.55 Å². The summed E-state index contributed by atoms with van der Waals surface area (Å²) in [6.45, 7) is 2.34. The summed E-state index contributed by atoms with van der Waals surface area (Å²) in [6.07, 6.45) is 0. The van der Waals surface area contributed by atoms with Gasteiger partial charge in [0.05, 0.1) is 0 Å². The first kappa shape index (κ1) is 22.7. The van der Waals surface area contributed by atoms with Crippen LogP contribution in [-0.4, -0.2) is 17.6 Å². The maximum Gasteiger partial charge on any atom is 0.154 e. The molecule has 33 heavy (non-hydrogen) atoms. The Bertz CT molecular complexity index is 1060.